The number of rotatable bonds is 5. The summed E-state index contributed by atoms with van der Waals surface area (Å²) in [4.78, 5) is 14.5. The van der Waals surface area contributed by atoms with Crippen LogP contribution in [-0.4, -0.2) is 23.2 Å². The van der Waals surface area contributed by atoms with Crippen LogP contribution >= 0.6 is 0 Å². The highest BCUT2D eigenvalue weighted by atomic mass is 16.5. The van der Waals surface area contributed by atoms with Crippen molar-refractivity contribution in [1.29, 1.82) is 0 Å². The second kappa shape index (κ2) is 7.24. The van der Waals surface area contributed by atoms with Gasteiger partial charge in [0.25, 0.3) is 0 Å². The molecular formula is C24H21NO3. The molecule has 0 bridgehead atoms. The maximum absolute atomic E-state index is 11.0. The number of hydrogen-bond donors (Lipinski definition) is 2. The van der Waals surface area contributed by atoms with Gasteiger partial charge in [-0.3, -0.25) is 0 Å². The van der Waals surface area contributed by atoms with Gasteiger partial charge >= 0.3 is 5.97 Å². The van der Waals surface area contributed by atoms with E-state index in [0.717, 1.165) is 40.1 Å². The molecular weight excluding hydrogens is 350 g/mol. The molecule has 0 amide bonds. The molecule has 0 spiro atoms. The van der Waals surface area contributed by atoms with Gasteiger partial charge in [0.05, 0.1) is 12.7 Å². The van der Waals surface area contributed by atoms with Crippen molar-refractivity contribution in [3.8, 4) is 28.3 Å². The van der Waals surface area contributed by atoms with E-state index in [9.17, 15) is 4.79 Å². The number of carbonyl (C=O) groups is 1. The molecule has 0 atom stereocenters. The number of hydrogen-bond acceptors (Lipinski definition) is 2. The van der Waals surface area contributed by atoms with Crippen LogP contribution in [0.2, 0.25) is 0 Å². The van der Waals surface area contributed by atoms with Gasteiger partial charge in [-0.05, 0) is 71.0 Å². The lowest BCUT2D eigenvalue weighted by molar-refractivity contribution is 0.0697. The van der Waals surface area contributed by atoms with Crippen molar-refractivity contribution in [3.05, 3.63) is 77.9 Å². The quantitative estimate of drug-likeness (QED) is 0.468. The number of nitrogens with one attached hydrogen (secondary N) is 1. The third-order valence-corrected chi connectivity index (χ3v) is 5.11. The fourth-order valence-corrected chi connectivity index (χ4v) is 3.56. The largest absolute Gasteiger partial charge is 0.496 e. The minimum absolute atomic E-state index is 0.283. The zero-order valence-corrected chi connectivity index (χ0v) is 15.8. The van der Waals surface area contributed by atoms with E-state index in [1.165, 1.54) is 10.9 Å². The first kappa shape index (κ1) is 17.9. The van der Waals surface area contributed by atoms with Crippen molar-refractivity contribution in [2.45, 2.75) is 13.3 Å². The molecule has 1 aromatic heterocycles. The lowest BCUT2D eigenvalue weighted by atomic mass is 9.98. The van der Waals surface area contributed by atoms with Crippen LogP contribution in [-0.2, 0) is 6.42 Å². The van der Waals surface area contributed by atoms with E-state index >= 15 is 0 Å². The van der Waals surface area contributed by atoms with Gasteiger partial charge in [-0.15, -0.1) is 0 Å². The van der Waals surface area contributed by atoms with E-state index < -0.39 is 5.97 Å². The molecule has 4 nitrogen and oxygen atoms in total. The van der Waals surface area contributed by atoms with Gasteiger partial charge in [0.2, 0.25) is 0 Å². The fourth-order valence-electron chi connectivity index (χ4n) is 3.56. The monoisotopic (exact) mass is 371 g/mol. The van der Waals surface area contributed by atoms with Crippen molar-refractivity contribution in [1.82, 2.24) is 4.98 Å². The van der Waals surface area contributed by atoms with Crippen LogP contribution in [0.5, 0.6) is 5.75 Å². The second-order valence-corrected chi connectivity index (χ2v) is 6.71. The summed E-state index contributed by atoms with van der Waals surface area (Å²) >= 11 is 0. The highest BCUT2D eigenvalue weighted by molar-refractivity contribution is 5.94. The van der Waals surface area contributed by atoms with Crippen LogP contribution in [0, 0.1) is 0 Å². The van der Waals surface area contributed by atoms with Gasteiger partial charge in [0.1, 0.15) is 5.75 Å². The number of aromatic nitrogens is 1. The molecule has 28 heavy (non-hydrogen) atoms. The Labute approximate surface area is 163 Å². The molecule has 0 aliphatic carbocycles. The molecule has 4 heteroatoms. The molecule has 0 fully saturated rings. The maximum atomic E-state index is 11.0. The molecule has 0 saturated carbocycles. The maximum Gasteiger partial charge on any atom is 0.335 e. The number of ether oxygens (including phenoxy) is 1. The number of aryl methyl sites for hydroxylation is 1. The van der Waals surface area contributed by atoms with Crippen molar-refractivity contribution in [2.24, 2.45) is 0 Å². The Morgan fingerprint density at radius 2 is 1.57 bits per heavy atom. The molecule has 0 radical (unpaired) electrons. The molecule has 0 aliphatic heterocycles. The first-order valence-electron chi connectivity index (χ1n) is 9.23. The smallest absolute Gasteiger partial charge is 0.335 e. The molecule has 2 N–H and O–H groups in total. The fraction of sp³-hybridized carbons (Fsp3) is 0.125. The Hall–Kier alpha value is -3.53. The number of fused-ring (bicyclic) bond motifs is 1. The number of aromatic carboxylic acids is 1. The third kappa shape index (κ3) is 3.14. The lowest BCUT2D eigenvalue weighted by Gasteiger charge is -2.11. The van der Waals surface area contributed by atoms with Gasteiger partial charge in [0, 0.05) is 16.8 Å². The Balaban J connectivity index is 1.74. The van der Waals surface area contributed by atoms with E-state index in [2.05, 4.69) is 36.2 Å². The number of H-pyrrole nitrogens is 1. The lowest BCUT2D eigenvalue weighted by Crippen LogP contribution is -1.94. The number of carboxylic acids is 1. The highest BCUT2D eigenvalue weighted by Gasteiger charge is 2.10. The topological polar surface area (TPSA) is 62.3 Å². The standard InChI is InChI=1S/C24H21NO3/c1-3-15-9-13-23(28-2)19-10-8-18(14-20(15)19)22-12-11-21(25-22)16-4-6-17(7-5-16)24(26)27/h4-14,25H,3H2,1-2H3,(H,26,27). The molecule has 140 valence electrons. The molecule has 0 unspecified atom stereocenters. The second-order valence-electron chi connectivity index (χ2n) is 6.71. The van der Waals surface area contributed by atoms with Gasteiger partial charge in [-0.25, -0.2) is 4.79 Å². The summed E-state index contributed by atoms with van der Waals surface area (Å²) in [5.74, 6) is -0.0403. The van der Waals surface area contributed by atoms with Crippen LogP contribution in [0.25, 0.3) is 33.3 Å². The zero-order chi connectivity index (χ0) is 19.7. The van der Waals surface area contributed by atoms with E-state index in [4.69, 9.17) is 9.84 Å². The number of aromatic amines is 1. The molecule has 4 aromatic rings. The highest BCUT2D eigenvalue weighted by Crippen LogP contribution is 2.33. The van der Waals surface area contributed by atoms with E-state index in [0.29, 0.717) is 0 Å². The van der Waals surface area contributed by atoms with Crippen LogP contribution in [0.1, 0.15) is 22.8 Å². The van der Waals surface area contributed by atoms with Gasteiger partial charge < -0.3 is 14.8 Å². The summed E-state index contributed by atoms with van der Waals surface area (Å²) in [6, 6.07) is 21.5. The van der Waals surface area contributed by atoms with Crippen molar-refractivity contribution in [3.63, 3.8) is 0 Å². The number of methoxy groups -OCH3 is 1. The summed E-state index contributed by atoms with van der Waals surface area (Å²) < 4.78 is 5.51. The van der Waals surface area contributed by atoms with Crippen molar-refractivity contribution < 1.29 is 14.6 Å². The predicted octanol–water partition coefficient (Wildman–Crippen LogP) is 5.77. The van der Waals surface area contributed by atoms with Crippen LogP contribution in [0.4, 0.5) is 0 Å². The van der Waals surface area contributed by atoms with E-state index in [1.54, 1.807) is 19.2 Å². The molecule has 0 aliphatic rings. The van der Waals surface area contributed by atoms with Crippen molar-refractivity contribution in [2.75, 3.05) is 7.11 Å². The molecule has 3 aromatic carbocycles. The first-order chi connectivity index (χ1) is 13.6. The zero-order valence-electron chi connectivity index (χ0n) is 15.8. The van der Waals surface area contributed by atoms with Crippen LogP contribution in [0.3, 0.4) is 0 Å². The Bertz CT molecular complexity index is 1160. The summed E-state index contributed by atoms with van der Waals surface area (Å²) in [6.45, 7) is 2.15. The number of benzene rings is 3. The molecule has 4 rings (SSSR count). The summed E-state index contributed by atoms with van der Waals surface area (Å²) in [5, 5.41) is 11.4. The van der Waals surface area contributed by atoms with Crippen LogP contribution in [0.15, 0.2) is 66.7 Å². The third-order valence-electron chi connectivity index (χ3n) is 5.11. The number of carboxylic acid groups (broad SMARTS) is 1. The van der Waals surface area contributed by atoms with Crippen molar-refractivity contribution >= 4 is 16.7 Å². The average molecular weight is 371 g/mol. The first-order valence-corrected chi connectivity index (χ1v) is 9.23. The average Bonchev–Trinajstić information content (AvgIpc) is 3.23. The Kier molecular flexibility index (Phi) is 4.62. The summed E-state index contributed by atoms with van der Waals surface area (Å²) in [7, 11) is 1.70. The molecule has 0 saturated heterocycles. The van der Waals surface area contributed by atoms with E-state index in [1.807, 2.05) is 30.3 Å². The minimum atomic E-state index is -0.919. The van der Waals surface area contributed by atoms with E-state index in [-0.39, 0.29) is 5.56 Å². The van der Waals surface area contributed by atoms with Gasteiger partial charge in [-0.1, -0.05) is 31.2 Å². The molecule has 1 heterocycles. The minimum Gasteiger partial charge on any atom is -0.496 e. The van der Waals surface area contributed by atoms with Gasteiger partial charge in [0.15, 0.2) is 0 Å². The normalized spacial score (nSPS) is 10.9. The SMILES string of the molecule is CCc1ccc(OC)c2ccc(-c3ccc(-c4ccc(C(=O)O)cc4)[nH]3)cc12. The van der Waals surface area contributed by atoms with Crippen LogP contribution < -0.4 is 4.74 Å². The predicted molar refractivity (Wildman–Crippen MR) is 112 cm³/mol. The summed E-state index contributed by atoms with van der Waals surface area (Å²) in [5.41, 5.74) is 5.59. The summed E-state index contributed by atoms with van der Waals surface area (Å²) in [6.07, 6.45) is 0.954. The Morgan fingerprint density at radius 3 is 2.21 bits per heavy atom. The Morgan fingerprint density at radius 1 is 0.893 bits per heavy atom. The van der Waals surface area contributed by atoms with Gasteiger partial charge in [-0.2, -0.15) is 0 Å².